The smallest absolute Gasteiger partial charge is 0.270 e. The van der Waals surface area contributed by atoms with Crippen molar-refractivity contribution >= 4 is 11.8 Å². The third-order valence-electron chi connectivity index (χ3n) is 2.06. The van der Waals surface area contributed by atoms with Crippen LogP contribution in [0.3, 0.4) is 0 Å². The first-order valence-corrected chi connectivity index (χ1v) is 5.61. The minimum Gasteiger partial charge on any atom is -0.285 e. The van der Waals surface area contributed by atoms with Gasteiger partial charge in [0.15, 0.2) is 0 Å². The SMILES string of the molecule is CC(C)(C)N(O)C(=O)C=CC(=O)N(O)C(C)(C)C. The van der Waals surface area contributed by atoms with Gasteiger partial charge in [0.1, 0.15) is 0 Å². The normalized spacial score (nSPS) is 12.7. The molecule has 6 nitrogen and oxygen atoms in total. The van der Waals surface area contributed by atoms with Gasteiger partial charge in [0.25, 0.3) is 11.8 Å². The molecule has 0 rings (SSSR count). The first-order valence-electron chi connectivity index (χ1n) is 5.61. The number of hydrogen-bond acceptors (Lipinski definition) is 4. The summed E-state index contributed by atoms with van der Waals surface area (Å²) in [5, 5.41) is 20.1. The molecule has 0 aromatic rings. The van der Waals surface area contributed by atoms with Gasteiger partial charge < -0.3 is 0 Å². The van der Waals surface area contributed by atoms with Crippen LogP contribution in [0, 0.1) is 0 Å². The van der Waals surface area contributed by atoms with Gasteiger partial charge in [-0.1, -0.05) is 0 Å². The molecule has 0 saturated heterocycles. The van der Waals surface area contributed by atoms with Crippen LogP contribution in [0.15, 0.2) is 12.2 Å². The number of carbonyl (C=O) groups is 2. The summed E-state index contributed by atoms with van der Waals surface area (Å²) >= 11 is 0. The second-order valence-electron chi connectivity index (χ2n) is 5.98. The molecular weight excluding hydrogens is 236 g/mol. The Morgan fingerprint density at radius 3 is 1.17 bits per heavy atom. The average Bonchev–Trinajstić information content (AvgIpc) is 2.20. The summed E-state index contributed by atoms with van der Waals surface area (Å²) in [4.78, 5) is 23.0. The Morgan fingerprint density at radius 2 is 1.00 bits per heavy atom. The lowest BCUT2D eigenvalue weighted by molar-refractivity contribution is -0.183. The molecule has 0 aliphatic heterocycles. The summed E-state index contributed by atoms with van der Waals surface area (Å²) in [6.45, 7) is 9.88. The average molecular weight is 258 g/mol. The third kappa shape index (κ3) is 4.85. The summed E-state index contributed by atoms with van der Waals surface area (Å²) < 4.78 is 0. The molecule has 104 valence electrons. The number of hydroxylamine groups is 4. The van der Waals surface area contributed by atoms with Crippen LogP contribution in [-0.2, 0) is 9.59 Å². The number of hydrogen-bond donors (Lipinski definition) is 2. The Hall–Kier alpha value is -1.40. The van der Waals surface area contributed by atoms with E-state index < -0.39 is 22.9 Å². The summed E-state index contributed by atoms with van der Waals surface area (Å²) in [6.07, 6.45) is 1.84. The van der Waals surface area contributed by atoms with Crippen molar-refractivity contribution in [3.63, 3.8) is 0 Å². The molecule has 0 atom stereocenters. The van der Waals surface area contributed by atoms with E-state index >= 15 is 0 Å². The number of carbonyl (C=O) groups excluding carboxylic acids is 2. The summed E-state index contributed by atoms with van der Waals surface area (Å²) in [5.41, 5.74) is -1.51. The quantitative estimate of drug-likeness (QED) is 0.447. The molecule has 0 spiro atoms. The molecule has 0 fully saturated rings. The van der Waals surface area contributed by atoms with Crippen LogP contribution in [0.4, 0.5) is 0 Å². The lowest BCUT2D eigenvalue weighted by atomic mass is 10.1. The number of nitrogens with zero attached hydrogens (tertiary/aromatic N) is 2. The predicted octanol–water partition coefficient (Wildman–Crippen LogP) is 1.58. The summed E-state index contributed by atoms with van der Waals surface area (Å²) in [6, 6.07) is 0. The first-order chi connectivity index (χ1) is 7.87. The minimum atomic E-state index is -0.757. The zero-order chi connectivity index (χ0) is 14.7. The molecule has 0 aliphatic rings. The second-order valence-corrected chi connectivity index (χ2v) is 5.98. The molecule has 0 saturated carbocycles. The zero-order valence-electron chi connectivity index (χ0n) is 11.8. The van der Waals surface area contributed by atoms with E-state index in [1.165, 1.54) is 0 Å². The number of amides is 2. The van der Waals surface area contributed by atoms with Crippen molar-refractivity contribution in [1.82, 2.24) is 10.1 Å². The van der Waals surface area contributed by atoms with Crippen molar-refractivity contribution in [2.24, 2.45) is 0 Å². The van der Waals surface area contributed by atoms with Gasteiger partial charge in [-0.3, -0.25) is 20.0 Å². The minimum absolute atomic E-state index is 0.523. The standard InChI is InChI=1S/C12H22N2O4/c1-11(2,3)13(17)9(15)7-8-10(16)14(18)12(4,5)6/h7-8,17-18H,1-6H3. The van der Waals surface area contributed by atoms with Gasteiger partial charge in [-0.25, -0.2) is 10.1 Å². The van der Waals surface area contributed by atoms with E-state index in [-0.39, 0.29) is 0 Å². The lowest BCUT2D eigenvalue weighted by Crippen LogP contribution is -2.43. The molecule has 0 radical (unpaired) electrons. The Balaban J connectivity index is 4.68. The van der Waals surface area contributed by atoms with Crippen molar-refractivity contribution in [2.45, 2.75) is 52.6 Å². The fraction of sp³-hybridized carbons (Fsp3) is 0.667. The number of rotatable bonds is 2. The molecule has 0 bridgehead atoms. The molecule has 0 aromatic heterocycles. The van der Waals surface area contributed by atoms with E-state index in [0.29, 0.717) is 10.1 Å². The first kappa shape index (κ1) is 16.6. The largest absolute Gasteiger partial charge is 0.285 e. The fourth-order valence-corrected chi connectivity index (χ4v) is 0.945. The van der Waals surface area contributed by atoms with Crippen LogP contribution in [0.25, 0.3) is 0 Å². The van der Waals surface area contributed by atoms with Gasteiger partial charge in [-0.15, -0.1) is 0 Å². The lowest BCUT2D eigenvalue weighted by Gasteiger charge is -2.29. The second kappa shape index (κ2) is 5.49. The third-order valence-corrected chi connectivity index (χ3v) is 2.06. The summed E-state index contributed by atoms with van der Waals surface area (Å²) in [7, 11) is 0. The van der Waals surface area contributed by atoms with Crippen LogP contribution in [-0.4, -0.2) is 43.4 Å². The van der Waals surface area contributed by atoms with Crippen molar-refractivity contribution in [3.8, 4) is 0 Å². The van der Waals surface area contributed by atoms with E-state index in [4.69, 9.17) is 0 Å². The Morgan fingerprint density at radius 1 is 0.778 bits per heavy atom. The van der Waals surface area contributed by atoms with Gasteiger partial charge in [0.2, 0.25) is 0 Å². The van der Waals surface area contributed by atoms with Crippen LogP contribution in [0.5, 0.6) is 0 Å². The van der Waals surface area contributed by atoms with Crippen molar-refractivity contribution < 1.29 is 20.0 Å². The van der Waals surface area contributed by atoms with Crippen molar-refractivity contribution in [1.29, 1.82) is 0 Å². The van der Waals surface area contributed by atoms with E-state index in [2.05, 4.69) is 0 Å². The summed E-state index contributed by atoms with van der Waals surface area (Å²) in [5.74, 6) is -1.45. The van der Waals surface area contributed by atoms with E-state index in [1.807, 2.05) is 0 Å². The fourth-order valence-electron chi connectivity index (χ4n) is 0.945. The Bertz CT molecular complexity index is 316. The Kier molecular flexibility index (Phi) is 5.07. The highest BCUT2D eigenvalue weighted by molar-refractivity contribution is 5.96. The highest BCUT2D eigenvalue weighted by Gasteiger charge is 2.25. The maximum atomic E-state index is 11.5. The van der Waals surface area contributed by atoms with Gasteiger partial charge in [-0.05, 0) is 41.5 Å². The van der Waals surface area contributed by atoms with Crippen LogP contribution >= 0.6 is 0 Å². The predicted molar refractivity (Wildman–Crippen MR) is 65.9 cm³/mol. The van der Waals surface area contributed by atoms with Crippen LogP contribution < -0.4 is 0 Å². The van der Waals surface area contributed by atoms with Gasteiger partial charge in [0.05, 0.1) is 11.1 Å². The molecule has 0 aliphatic carbocycles. The molecule has 0 heterocycles. The van der Waals surface area contributed by atoms with Gasteiger partial charge in [0, 0.05) is 12.2 Å². The molecule has 6 heteroatoms. The van der Waals surface area contributed by atoms with Crippen LogP contribution in [0.2, 0.25) is 0 Å². The molecule has 2 N–H and O–H groups in total. The van der Waals surface area contributed by atoms with Crippen LogP contribution in [0.1, 0.15) is 41.5 Å². The van der Waals surface area contributed by atoms with Crippen molar-refractivity contribution in [3.05, 3.63) is 12.2 Å². The molecule has 18 heavy (non-hydrogen) atoms. The van der Waals surface area contributed by atoms with Crippen molar-refractivity contribution in [2.75, 3.05) is 0 Å². The molecule has 0 unspecified atom stereocenters. The van der Waals surface area contributed by atoms with Gasteiger partial charge >= 0.3 is 0 Å². The zero-order valence-corrected chi connectivity index (χ0v) is 11.8. The van der Waals surface area contributed by atoms with E-state index in [1.54, 1.807) is 41.5 Å². The van der Waals surface area contributed by atoms with E-state index in [9.17, 15) is 20.0 Å². The maximum Gasteiger partial charge on any atom is 0.270 e. The highest BCUT2D eigenvalue weighted by atomic mass is 16.5. The molecular formula is C12H22N2O4. The van der Waals surface area contributed by atoms with Gasteiger partial charge in [-0.2, -0.15) is 0 Å². The highest BCUT2D eigenvalue weighted by Crippen LogP contribution is 2.12. The molecule has 0 aromatic carbocycles. The Labute approximate surface area is 107 Å². The molecule has 2 amide bonds. The van der Waals surface area contributed by atoms with E-state index in [0.717, 1.165) is 12.2 Å². The monoisotopic (exact) mass is 258 g/mol. The maximum absolute atomic E-state index is 11.5. The topological polar surface area (TPSA) is 81.1 Å².